The first-order valence-corrected chi connectivity index (χ1v) is 7.15. The zero-order valence-electron chi connectivity index (χ0n) is 13.6. The first kappa shape index (κ1) is 16.7. The molecule has 2 aromatic rings. The van der Waals surface area contributed by atoms with Crippen LogP contribution in [-0.2, 0) is 13.6 Å². The quantitative estimate of drug-likeness (QED) is 0.661. The Labute approximate surface area is 133 Å². The summed E-state index contributed by atoms with van der Waals surface area (Å²) < 4.78 is 2.93. The van der Waals surface area contributed by atoms with Gasteiger partial charge in [-0.05, 0) is 11.5 Å². The molecule has 0 aliphatic rings. The van der Waals surface area contributed by atoms with E-state index in [1.165, 1.54) is 11.7 Å². The summed E-state index contributed by atoms with van der Waals surface area (Å²) in [6.45, 7) is 6.42. The van der Waals surface area contributed by atoms with Crippen molar-refractivity contribution >= 4 is 11.6 Å². The molecule has 1 N–H and O–H groups in total. The lowest BCUT2D eigenvalue weighted by Crippen LogP contribution is -2.47. The molecule has 0 unspecified atom stereocenters. The van der Waals surface area contributed by atoms with Gasteiger partial charge in [-0.15, -0.1) is 0 Å². The largest absolute Gasteiger partial charge is 0.345 e. The topological polar surface area (TPSA) is 108 Å². The molecule has 124 valence electrons. The smallest absolute Gasteiger partial charge is 0.320 e. The van der Waals surface area contributed by atoms with Gasteiger partial charge in [0.15, 0.2) is 0 Å². The molecule has 0 saturated heterocycles. The summed E-state index contributed by atoms with van der Waals surface area (Å²) in [7, 11) is 1.50. The van der Waals surface area contributed by atoms with Crippen LogP contribution in [0.25, 0.3) is 0 Å². The maximum atomic E-state index is 12.5. The van der Waals surface area contributed by atoms with Gasteiger partial charge in [0, 0.05) is 19.4 Å². The maximum absolute atomic E-state index is 12.5. The van der Waals surface area contributed by atoms with E-state index in [1.807, 2.05) is 20.8 Å². The average molecular weight is 320 g/mol. The molecule has 23 heavy (non-hydrogen) atoms. The van der Waals surface area contributed by atoms with Crippen LogP contribution >= 0.6 is 0 Å². The minimum absolute atomic E-state index is 0.0651. The summed E-state index contributed by atoms with van der Waals surface area (Å²) >= 11 is 0. The van der Waals surface area contributed by atoms with Gasteiger partial charge in [-0.1, -0.05) is 20.8 Å². The second-order valence-electron chi connectivity index (χ2n) is 6.38. The number of nitro groups is 1. The molecule has 0 bridgehead atoms. The van der Waals surface area contributed by atoms with Crippen LogP contribution in [0.5, 0.6) is 0 Å². The van der Waals surface area contributed by atoms with Gasteiger partial charge in [-0.3, -0.25) is 24.3 Å². The minimum Gasteiger partial charge on any atom is -0.345 e. The van der Waals surface area contributed by atoms with Crippen molar-refractivity contribution in [1.29, 1.82) is 0 Å². The van der Waals surface area contributed by atoms with Crippen molar-refractivity contribution in [2.75, 3.05) is 0 Å². The Balaban J connectivity index is 2.24. The molecule has 1 atom stereocenters. The SMILES string of the molecule is Cn1ncc([N+](=O)[O-])c1C(=O)N[C@@H](Cn1cccn1)C(C)(C)C. The van der Waals surface area contributed by atoms with Crippen molar-refractivity contribution in [3.05, 3.63) is 40.5 Å². The van der Waals surface area contributed by atoms with Crippen LogP contribution in [-0.4, -0.2) is 36.4 Å². The van der Waals surface area contributed by atoms with Crippen LogP contribution in [0.3, 0.4) is 0 Å². The number of hydrogen-bond acceptors (Lipinski definition) is 5. The number of nitrogens with one attached hydrogen (secondary N) is 1. The van der Waals surface area contributed by atoms with Gasteiger partial charge in [0.1, 0.15) is 6.20 Å². The number of hydrogen-bond donors (Lipinski definition) is 1. The van der Waals surface area contributed by atoms with Crippen molar-refractivity contribution < 1.29 is 9.72 Å². The molecule has 0 aromatic carbocycles. The fraction of sp³-hybridized carbons (Fsp3) is 0.500. The lowest BCUT2D eigenvalue weighted by atomic mass is 9.86. The number of aromatic nitrogens is 4. The van der Waals surface area contributed by atoms with E-state index in [1.54, 1.807) is 23.1 Å². The Morgan fingerprint density at radius 3 is 2.65 bits per heavy atom. The third kappa shape index (κ3) is 3.74. The second kappa shape index (κ2) is 6.19. The highest BCUT2D eigenvalue weighted by Gasteiger charge is 2.31. The highest BCUT2D eigenvalue weighted by Crippen LogP contribution is 2.23. The predicted molar refractivity (Wildman–Crippen MR) is 82.8 cm³/mol. The molecule has 2 heterocycles. The molecule has 0 radical (unpaired) electrons. The van der Waals surface area contributed by atoms with E-state index < -0.39 is 10.8 Å². The maximum Gasteiger partial charge on any atom is 0.320 e. The first-order valence-electron chi connectivity index (χ1n) is 7.15. The Hall–Kier alpha value is -2.71. The van der Waals surface area contributed by atoms with Crippen LogP contribution in [0, 0.1) is 15.5 Å². The van der Waals surface area contributed by atoms with Crippen molar-refractivity contribution in [2.24, 2.45) is 12.5 Å². The summed E-state index contributed by atoms with van der Waals surface area (Å²) in [4.78, 5) is 23.0. The summed E-state index contributed by atoms with van der Waals surface area (Å²) in [5.74, 6) is -0.524. The summed E-state index contributed by atoms with van der Waals surface area (Å²) in [6, 6.07) is 1.54. The van der Waals surface area contributed by atoms with E-state index in [0.717, 1.165) is 6.20 Å². The van der Waals surface area contributed by atoms with Gasteiger partial charge in [0.25, 0.3) is 5.91 Å². The molecule has 0 fully saturated rings. The van der Waals surface area contributed by atoms with Crippen molar-refractivity contribution in [2.45, 2.75) is 33.4 Å². The molecule has 0 saturated carbocycles. The van der Waals surface area contributed by atoms with Crippen LogP contribution in [0.4, 0.5) is 5.69 Å². The molecule has 2 aromatic heterocycles. The fourth-order valence-corrected chi connectivity index (χ4v) is 2.18. The molecule has 2 rings (SSSR count). The van der Waals surface area contributed by atoms with Gasteiger partial charge >= 0.3 is 5.69 Å². The Bertz CT molecular complexity index is 699. The summed E-state index contributed by atoms with van der Waals surface area (Å²) in [6.07, 6.45) is 4.54. The van der Waals surface area contributed by atoms with Gasteiger partial charge in [0.2, 0.25) is 5.69 Å². The normalized spacial score (nSPS) is 12.9. The van der Waals surface area contributed by atoms with E-state index in [9.17, 15) is 14.9 Å². The standard InChI is InChI=1S/C14H20N6O3/c1-14(2,3)11(9-19-7-5-6-15-19)17-13(21)12-10(20(22)23)8-16-18(12)4/h5-8,11H,9H2,1-4H3,(H,17,21)/t11-/m0/s1. The lowest BCUT2D eigenvalue weighted by Gasteiger charge is -2.31. The summed E-state index contributed by atoms with van der Waals surface area (Å²) in [5, 5.41) is 21.8. The summed E-state index contributed by atoms with van der Waals surface area (Å²) in [5.41, 5.74) is -0.629. The van der Waals surface area contributed by atoms with Crippen LogP contribution in [0.2, 0.25) is 0 Å². The predicted octanol–water partition coefficient (Wildman–Crippen LogP) is 1.37. The average Bonchev–Trinajstić information content (AvgIpc) is 3.05. The molecular weight excluding hydrogens is 300 g/mol. The van der Waals surface area contributed by atoms with E-state index in [-0.39, 0.29) is 22.8 Å². The van der Waals surface area contributed by atoms with Gasteiger partial charge in [-0.2, -0.15) is 10.2 Å². The van der Waals surface area contributed by atoms with Gasteiger partial charge in [0.05, 0.1) is 17.5 Å². The molecule has 0 spiro atoms. The number of rotatable bonds is 5. The molecular formula is C14H20N6O3. The van der Waals surface area contributed by atoms with Crippen LogP contribution in [0.1, 0.15) is 31.3 Å². The molecule has 9 heteroatoms. The Morgan fingerprint density at radius 1 is 1.43 bits per heavy atom. The van der Waals surface area contributed by atoms with Gasteiger partial charge in [-0.25, -0.2) is 0 Å². The third-order valence-corrected chi connectivity index (χ3v) is 3.61. The molecule has 1 amide bonds. The first-order chi connectivity index (χ1) is 10.7. The second-order valence-corrected chi connectivity index (χ2v) is 6.38. The van der Waals surface area contributed by atoms with Crippen LogP contribution < -0.4 is 5.32 Å². The van der Waals surface area contributed by atoms with Crippen molar-refractivity contribution in [3.63, 3.8) is 0 Å². The Kier molecular flexibility index (Phi) is 4.48. The highest BCUT2D eigenvalue weighted by molar-refractivity contribution is 5.96. The minimum atomic E-state index is -0.610. The molecule has 0 aliphatic carbocycles. The number of carbonyl (C=O) groups is 1. The van der Waals surface area contributed by atoms with Crippen molar-refractivity contribution in [3.8, 4) is 0 Å². The highest BCUT2D eigenvalue weighted by atomic mass is 16.6. The third-order valence-electron chi connectivity index (χ3n) is 3.61. The number of nitrogens with zero attached hydrogens (tertiary/aromatic N) is 5. The number of carbonyl (C=O) groups excluding carboxylic acids is 1. The van der Waals surface area contributed by atoms with Gasteiger partial charge < -0.3 is 5.32 Å². The van der Waals surface area contributed by atoms with E-state index in [0.29, 0.717) is 6.54 Å². The fourth-order valence-electron chi connectivity index (χ4n) is 2.18. The van der Waals surface area contributed by atoms with Crippen molar-refractivity contribution in [1.82, 2.24) is 24.9 Å². The number of amides is 1. The van der Waals surface area contributed by atoms with E-state index >= 15 is 0 Å². The zero-order chi connectivity index (χ0) is 17.2. The van der Waals surface area contributed by atoms with Crippen LogP contribution in [0.15, 0.2) is 24.7 Å². The molecule has 9 nitrogen and oxygen atoms in total. The Morgan fingerprint density at radius 2 is 2.13 bits per heavy atom. The number of aryl methyl sites for hydroxylation is 1. The monoisotopic (exact) mass is 320 g/mol. The zero-order valence-corrected chi connectivity index (χ0v) is 13.6. The van der Waals surface area contributed by atoms with E-state index in [2.05, 4.69) is 15.5 Å². The van der Waals surface area contributed by atoms with E-state index in [4.69, 9.17) is 0 Å². The molecule has 0 aliphatic heterocycles. The lowest BCUT2D eigenvalue weighted by molar-refractivity contribution is -0.385.